The first-order valence-corrected chi connectivity index (χ1v) is 5.00. The monoisotopic (exact) mass is 193 g/mol. The zero-order chi connectivity index (χ0) is 10.2. The van der Waals surface area contributed by atoms with Crippen LogP contribution in [0.25, 0.3) is 0 Å². The highest BCUT2D eigenvalue weighted by atomic mass is 16.3. The minimum absolute atomic E-state index is 0.121. The predicted octanol–water partition coefficient (Wildman–Crippen LogP) is 1.84. The molecular weight excluding hydrogens is 178 g/mol. The minimum atomic E-state index is -0.171. The standard InChI is InChI=1S/C11H15NO2/c1-3-8-11(2,7-10(13)12-8)9-5-4-6-14-9/h4-6,8H,3,7H2,1-2H3,(H,12,13). The second-order valence-corrected chi connectivity index (χ2v) is 4.10. The maximum absolute atomic E-state index is 11.4. The zero-order valence-corrected chi connectivity index (χ0v) is 8.54. The summed E-state index contributed by atoms with van der Waals surface area (Å²) in [7, 11) is 0. The summed E-state index contributed by atoms with van der Waals surface area (Å²) >= 11 is 0. The molecule has 14 heavy (non-hydrogen) atoms. The summed E-state index contributed by atoms with van der Waals surface area (Å²) in [4.78, 5) is 11.4. The Balaban J connectivity index is 2.34. The van der Waals surface area contributed by atoms with Crippen molar-refractivity contribution < 1.29 is 9.21 Å². The Bertz CT molecular complexity index is 331. The van der Waals surface area contributed by atoms with Gasteiger partial charge in [-0.1, -0.05) is 6.92 Å². The zero-order valence-electron chi connectivity index (χ0n) is 8.54. The van der Waals surface area contributed by atoms with Gasteiger partial charge in [-0.3, -0.25) is 4.79 Å². The smallest absolute Gasteiger partial charge is 0.221 e. The molecule has 3 nitrogen and oxygen atoms in total. The van der Waals surface area contributed by atoms with Crippen molar-refractivity contribution in [3.63, 3.8) is 0 Å². The molecule has 0 aliphatic carbocycles. The molecule has 0 bridgehead atoms. The fraction of sp³-hybridized carbons (Fsp3) is 0.545. The van der Waals surface area contributed by atoms with E-state index in [4.69, 9.17) is 4.42 Å². The van der Waals surface area contributed by atoms with Crippen LogP contribution in [0.3, 0.4) is 0 Å². The number of furan rings is 1. The molecule has 2 unspecified atom stereocenters. The molecule has 1 aromatic rings. The van der Waals surface area contributed by atoms with Crippen molar-refractivity contribution in [2.75, 3.05) is 0 Å². The Morgan fingerprint density at radius 3 is 3.07 bits per heavy atom. The Morgan fingerprint density at radius 1 is 1.71 bits per heavy atom. The van der Waals surface area contributed by atoms with Gasteiger partial charge in [0, 0.05) is 12.5 Å². The van der Waals surface area contributed by atoms with E-state index < -0.39 is 0 Å². The molecule has 76 valence electrons. The van der Waals surface area contributed by atoms with Crippen molar-refractivity contribution in [1.82, 2.24) is 5.32 Å². The highest BCUT2D eigenvalue weighted by Gasteiger charge is 2.45. The summed E-state index contributed by atoms with van der Waals surface area (Å²) in [6.07, 6.45) is 3.12. The third-order valence-corrected chi connectivity index (χ3v) is 3.12. The lowest BCUT2D eigenvalue weighted by Crippen LogP contribution is -2.37. The van der Waals surface area contributed by atoms with Crippen LogP contribution >= 0.6 is 0 Å². The van der Waals surface area contributed by atoms with Gasteiger partial charge in [0.05, 0.1) is 11.7 Å². The molecule has 1 saturated heterocycles. The third-order valence-electron chi connectivity index (χ3n) is 3.12. The molecule has 1 aliphatic heterocycles. The van der Waals surface area contributed by atoms with Gasteiger partial charge in [0.2, 0.25) is 5.91 Å². The molecule has 2 heterocycles. The van der Waals surface area contributed by atoms with E-state index in [0.29, 0.717) is 6.42 Å². The highest BCUT2D eigenvalue weighted by Crippen LogP contribution is 2.37. The molecule has 0 saturated carbocycles. The molecule has 1 N–H and O–H groups in total. The second-order valence-electron chi connectivity index (χ2n) is 4.10. The quantitative estimate of drug-likeness (QED) is 0.778. The molecule has 1 amide bonds. The van der Waals surface area contributed by atoms with Crippen molar-refractivity contribution in [3.05, 3.63) is 24.2 Å². The van der Waals surface area contributed by atoms with Crippen LogP contribution in [0.5, 0.6) is 0 Å². The van der Waals surface area contributed by atoms with Gasteiger partial charge in [-0.05, 0) is 25.5 Å². The van der Waals surface area contributed by atoms with Crippen molar-refractivity contribution in [1.29, 1.82) is 0 Å². The Morgan fingerprint density at radius 2 is 2.50 bits per heavy atom. The van der Waals surface area contributed by atoms with E-state index in [0.717, 1.165) is 12.2 Å². The number of hydrogen-bond acceptors (Lipinski definition) is 2. The predicted molar refractivity (Wildman–Crippen MR) is 52.9 cm³/mol. The van der Waals surface area contributed by atoms with Gasteiger partial charge in [0.25, 0.3) is 0 Å². The van der Waals surface area contributed by atoms with Crippen LogP contribution in [0.4, 0.5) is 0 Å². The second kappa shape index (κ2) is 3.15. The molecule has 0 radical (unpaired) electrons. The number of rotatable bonds is 2. The number of hydrogen-bond donors (Lipinski definition) is 1. The largest absolute Gasteiger partial charge is 0.469 e. The summed E-state index contributed by atoms with van der Waals surface area (Å²) in [5, 5.41) is 2.98. The minimum Gasteiger partial charge on any atom is -0.469 e. The van der Waals surface area contributed by atoms with Crippen LogP contribution in [-0.2, 0) is 10.2 Å². The summed E-state index contributed by atoms with van der Waals surface area (Å²) in [6, 6.07) is 4.01. The Labute approximate surface area is 83.5 Å². The van der Waals surface area contributed by atoms with Gasteiger partial charge >= 0.3 is 0 Å². The van der Waals surface area contributed by atoms with Crippen LogP contribution in [0, 0.1) is 0 Å². The lowest BCUT2D eigenvalue weighted by Gasteiger charge is -2.26. The molecule has 0 spiro atoms. The first kappa shape index (κ1) is 9.31. The van der Waals surface area contributed by atoms with Crippen LogP contribution in [0.2, 0.25) is 0 Å². The van der Waals surface area contributed by atoms with E-state index >= 15 is 0 Å². The lowest BCUT2D eigenvalue weighted by atomic mass is 9.79. The van der Waals surface area contributed by atoms with Gasteiger partial charge in [-0.25, -0.2) is 0 Å². The van der Waals surface area contributed by atoms with Crippen molar-refractivity contribution in [2.24, 2.45) is 0 Å². The third kappa shape index (κ3) is 1.24. The molecular formula is C11H15NO2. The molecule has 2 rings (SSSR count). The van der Waals surface area contributed by atoms with E-state index in [1.807, 2.05) is 12.1 Å². The van der Waals surface area contributed by atoms with E-state index in [2.05, 4.69) is 19.2 Å². The molecule has 1 aromatic heterocycles. The van der Waals surface area contributed by atoms with E-state index in [1.54, 1.807) is 6.26 Å². The normalized spacial score (nSPS) is 31.9. The van der Waals surface area contributed by atoms with Crippen LogP contribution in [0.15, 0.2) is 22.8 Å². The summed E-state index contributed by atoms with van der Waals surface area (Å²) < 4.78 is 5.41. The SMILES string of the molecule is CCC1NC(=O)CC1(C)c1ccco1. The van der Waals surface area contributed by atoms with Crippen LogP contribution in [0.1, 0.15) is 32.4 Å². The van der Waals surface area contributed by atoms with Crippen molar-refractivity contribution in [3.8, 4) is 0 Å². The maximum atomic E-state index is 11.4. The van der Waals surface area contributed by atoms with Gasteiger partial charge in [-0.2, -0.15) is 0 Å². The molecule has 0 aromatic carbocycles. The lowest BCUT2D eigenvalue weighted by molar-refractivity contribution is -0.119. The number of amides is 1. The Hall–Kier alpha value is -1.25. The van der Waals surface area contributed by atoms with Gasteiger partial charge in [0.1, 0.15) is 5.76 Å². The molecule has 1 aliphatic rings. The number of carbonyl (C=O) groups excluding carboxylic acids is 1. The number of nitrogens with one attached hydrogen (secondary N) is 1. The molecule has 2 atom stereocenters. The average molecular weight is 193 g/mol. The number of carbonyl (C=O) groups is 1. The fourth-order valence-electron chi connectivity index (χ4n) is 2.28. The van der Waals surface area contributed by atoms with E-state index in [1.165, 1.54) is 0 Å². The summed E-state index contributed by atoms with van der Waals surface area (Å²) in [6.45, 7) is 4.16. The average Bonchev–Trinajstić information content (AvgIpc) is 2.73. The first-order valence-electron chi connectivity index (χ1n) is 5.00. The van der Waals surface area contributed by atoms with Crippen LogP contribution in [-0.4, -0.2) is 11.9 Å². The molecule has 1 fully saturated rings. The van der Waals surface area contributed by atoms with E-state index in [-0.39, 0.29) is 17.4 Å². The van der Waals surface area contributed by atoms with Crippen LogP contribution < -0.4 is 5.32 Å². The van der Waals surface area contributed by atoms with E-state index in [9.17, 15) is 4.79 Å². The van der Waals surface area contributed by atoms with Crippen molar-refractivity contribution in [2.45, 2.75) is 38.1 Å². The topological polar surface area (TPSA) is 42.2 Å². The summed E-state index contributed by atoms with van der Waals surface area (Å²) in [5.74, 6) is 1.03. The van der Waals surface area contributed by atoms with Gasteiger partial charge in [-0.15, -0.1) is 0 Å². The fourth-order valence-corrected chi connectivity index (χ4v) is 2.28. The van der Waals surface area contributed by atoms with Crippen molar-refractivity contribution >= 4 is 5.91 Å². The highest BCUT2D eigenvalue weighted by molar-refractivity contribution is 5.81. The molecule has 3 heteroatoms. The Kier molecular flexibility index (Phi) is 2.10. The van der Waals surface area contributed by atoms with Gasteiger partial charge < -0.3 is 9.73 Å². The first-order chi connectivity index (χ1) is 6.66. The van der Waals surface area contributed by atoms with Gasteiger partial charge in [0.15, 0.2) is 0 Å². The maximum Gasteiger partial charge on any atom is 0.221 e. The summed E-state index contributed by atoms with van der Waals surface area (Å²) in [5.41, 5.74) is -0.171.